The number of carbonyl (C=O) groups excluding carboxylic acids is 2. The smallest absolute Gasteiger partial charge is 0.252 e. The van der Waals surface area contributed by atoms with E-state index in [0.29, 0.717) is 5.13 Å². The highest BCUT2D eigenvalue weighted by Crippen LogP contribution is 2.44. The quantitative estimate of drug-likeness (QED) is 0.730. The van der Waals surface area contributed by atoms with Gasteiger partial charge in [0.1, 0.15) is 24.4 Å². The van der Waals surface area contributed by atoms with Crippen molar-refractivity contribution in [2.24, 2.45) is 0 Å². The SMILES string of the molecule is CC(NC(=O)C1OC2OC(C)(C)OC2C2OC(C)(C)OC12)C(=O)Nc1nccs1. The number of fused-ring (bicyclic) bond motifs is 3. The Balaban J connectivity index is 1.46. The number of thiazole rings is 1. The monoisotopic (exact) mass is 427 g/mol. The number of amides is 2. The standard InChI is InChI=1S/C18H25N3O7S/c1-8(13(22)21-16-19-6-7-29-16)20-14(23)11-9-10(26-17(2,3)25-9)12-15(24-11)28-18(4,5)27-12/h6-12,15H,1-5H3,(H,20,23)(H,19,21,22). The Morgan fingerprint density at radius 3 is 2.41 bits per heavy atom. The van der Waals surface area contributed by atoms with Gasteiger partial charge in [-0.2, -0.15) is 0 Å². The molecule has 160 valence electrons. The number of nitrogens with one attached hydrogen (secondary N) is 2. The molecular weight excluding hydrogens is 402 g/mol. The lowest BCUT2D eigenvalue weighted by Gasteiger charge is -2.36. The first kappa shape index (κ1) is 20.6. The normalized spacial score (nSPS) is 35.4. The third-order valence-corrected chi connectivity index (χ3v) is 5.52. The van der Waals surface area contributed by atoms with Crippen LogP contribution in [-0.2, 0) is 33.3 Å². The Kier molecular flexibility index (Phi) is 5.16. The summed E-state index contributed by atoms with van der Waals surface area (Å²) in [6.07, 6.45) is -1.97. The zero-order chi connectivity index (χ0) is 21.0. The molecule has 3 fully saturated rings. The van der Waals surface area contributed by atoms with Crippen LogP contribution in [0.15, 0.2) is 11.6 Å². The van der Waals surface area contributed by atoms with E-state index in [1.165, 1.54) is 11.3 Å². The molecule has 0 saturated carbocycles. The first-order valence-corrected chi connectivity index (χ1v) is 10.3. The van der Waals surface area contributed by atoms with E-state index in [-0.39, 0.29) is 5.91 Å². The molecule has 0 spiro atoms. The summed E-state index contributed by atoms with van der Waals surface area (Å²) < 4.78 is 29.5. The first-order chi connectivity index (χ1) is 13.5. The molecule has 1 aromatic rings. The van der Waals surface area contributed by atoms with Crippen LogP contribution >= 0.6 is 11.3 Å². The Bertz CT molecular complexity index is 784. The van der Waals surface area contributed by atoms with Crippen LogP contribution in [0.2, 0.25) is 0 Å². The van der Waals surface area contributed by atoms with Crippen LogP contribution in [0.4, 0.5) is 5.13 Å². The average molecular weight is 427 g/mol. The fraction of sp³-hybridized carbons (Fsp3) is 0.722. The van der Waals surface area contributed by atoms with Crippen molar-refractivity contribution in [2.45, 2.75) is 82.9 Å². The van der Waals surface area contributed by atoms with Crippen LogP contribution in [0.1, 0.15) is 34.6 Å². The molecule has 2 amide bonds. The molecule has 0 bridgehead atoms. The number of hydrogen-bond acceptors (Lipinski definition) is 9. The predicted octanol–water partition coefficient (Wildman–Crippen LogP) is 0.983. The van der Waals surface area contributed by atoms with Crippen LogP contribution in [-0.4, -0.2) is 65.1 Å². The van der Waals surface area contributed by atoms with Gasteiger partial charge in [-0.1, -0.05) is 0 Å². The molecule has 0 aromatic carbocycles. The number of anilines is 1. The zero-order valence-electron chi connectivity index (χ0n) is 16.8. The van der Waals surface area contributed by atoms with Crippen LogP contribution in [0, 0.1) is 0 Å². The fourth-order valence-electron chi connectivity index (χ4n) is 3.68. The molecule has 4 rings (SSSR count). The topological polar surface area (TPSA) is 117 Å². The summed E-state index contributed by atoms with van der Waals surface area (Å²) in [4.78, 5) is 29.3. The molecule has 3 aliphatic rings. The van der Waals surface area contributed by atoms with Gasteiger partial charge in [-0.15, -0.1) is 11.3 Å². The number of aromatic nitrogens is 1. The van der Waals surface area contributed by atoms with E-state index in [0.717, 1.165) is 0 Å². The first-order valence-electron chi connectivity index (χ1n) is 9.42. The summed E-state index contributed by atoms with van der Waals surface area (Å²) in [5.74, 6) is -2.66. The lowest BCUT2D eigenvalue weighted by molar-refractivity contribution is -0.231. The van der Waals surface area contributed by atoms with Crippen molar-refractivity contribution in [1.82, 2.24) is 10.3 Å². The van der Waals surface area contributed by atoms with Crippen molar-refractivity contribution in [2.75, 3.05) is 5.32 Å². The zero-order valence-corrected chi connectivity index (χ0v) is 17.6. The minimum atomic E-state index is -1.02. The maximum absolute atomic E-state index is 13.0. The predicted molar refractivity (Wildman–Crippen MR) is 101 cm³/mol. The lowest BCUT2D eigenvalue weighted by atomic mass is 9.98. The highest BCUT2D eigenvalue weighted by atomic mass is 32.1. The summed E-state index contributed by atoms with van der Waals surface area (Å²) in [5.41, 5.74) is 0. The number of nitrogens with zero attached hydrogens (tertiary/aromatic N) is 1. The molecule has 3 saturated heterocycles. The largest absolute Gasteiger partial charge is 0.342 e. The Labute approximate surface area is 172 Å². The number of carbonyl (C=O) groups is 2. The summed E-state index contributed by atoms with van der Waals surface area (Å²) in [5, 5.41) is 7.53. The minimum Gasteiger partial charge on any atom is -0.342 e. The van der Waals surface area contributed by atoms with Crippen molar-refractivity contribution >= 4 is 28.3 Å². The Hall–Kier alpha value is -1.63. The summed E-state index contributed by atoms with van der Waals surface area (Å²) >= 11 is 1.29. The van der Waals surface area contributed by atoms with Crippen molar-refractivity contribution in [1.29, 1.82) is 0 Å². The summed E-state index contributed by atoms with van der Waals surface area (Å²) in [6.45, 7) is 8.65. The molecule has 29 heavy (non-hydrogen) atoms. The van der Waals surface area contributed by atoms with Gasteiger partial charge in [0.2, 0.25) is 5.91 Å². The minimum absolute atomic E-state index is 0.385. The third kappa shape index (κ3) is 4.16. The van der Waals surface area contributed by atoms with Crippen molar-refractivity contribution in [3.63, 3.8) is 0 Å². The van der Waals surface area contributed by atoms with Crippen molar-refractivity contribution in [3.05, 3.63) is 11.6 Å². The van der Waals surface area contributed by atoms with Crippen LogP contribution in [0.5, 0.6) is 0 Å². The van der Waals surface area contributed by atoms with E-state index in [1.54, 1.807) is 46.2 Å². The van der Waals surface area contributed by atoms with Crippen molar-refractivity contribution in [3.8, 4) is 0 Å². The van der Waals surface area contributed by atoms with Crippen LogP contribution in [0.3, 0.4) is 0 Å². The molecule has 4 heterocycles. The van der Waals surface area contributed by atoms with Gasteiger partial charge in [0, 0.05) is 11.6 Å². The molecule has 6 unspecified atom stereocenters. The second-order valence-corrected chi connectivity index (χ2v) is 9.04. The molecule has 2 N–H and O–H groups in total. The highest BCUT2D eigenvalue weighted by molar-refractivity contribution is 7.13. The number of hydrogen-bond donors (Lipinski definition) is 2. The fourth-order valence-corrected chi connectivity index (χ4v) is 4.22. The summed E-state index contributed by atoms with van der Waals surface area (Å²) in [6, 6.07) is -0.807. The molecular formula is C18H25N3O7S. The van der Waals surface area contributed by atoms with Crippen molar-refractivity contribution < 1.29 is 33.3 Å². The maximum Gasteiger partial charge on any atom is 0.252 e. The van der Waals surface area contributed by atoms with Gasteiger partial charge >= 0.3 is 0 Å². The lowest BCUT2D eigenvalue weighted by Crippen LogP contribution is -2.60. The van der Waals surface area contributed by atoms with E-state index < -0.39 is 54.2 Å². The van der Waals surface area contributed by atoms with Gasteiger partial charge < -0.3 is 34.3 Å². The average Bonchev–Trinajstić information content (AvgIpc) is 3.29. The van der Waals surface area contributed by atoms with E-state index in [9.17, 15) is 9.59 Å². The van der Waals surface area contributed by atoms with Crippen LogP contribution in [0.25, 0.3) is 0 Å². The van der Waals surface area contributed by atoms with Gasteiger partial charge in [-0.25, -0.2) is 4.98 Å². The third-order valence-electron chi connectivity index (χ3n) is 4.83. The molecule has 11 heteroatoms. The van der Waals surface area contributed by atoms with Gasteiger partial charge in [-0.3, -0.25) is 9.59 Å². The van der Waals surface area contributed by atoms with Gasteiger partial charge in [0.05, 0.1) is 0 Å². The van der Waals surface area contributed by atoms with E-state index in [1.807, 2.05) is 0 Å². The number of rotatable bonds is 4. The van der Waals surface area contributed by atoms with E-state index in [4.69, 9.17) is 23.7 Å². The van der Waals surface area contributed by atoms with Gasteiger partial charge in [0.25, 0.3) is 5.91 Å². The second kappa shape index (κ2) is 7.25. The molecule has 0 aliphatic carbocycles. The molecule has 3 aliphatic heterocycles. The number of ether oxygens (including phenoxy) is 5. The molecule has 10 nitrogen and oxygen atoms in total. The maximum atomic E-state index is 13.0. The Morgan fingerprint density at radius 1 is 1.07 bits per heavy atom. The van der Waals surface area contributed by atoms with E-state index >= 15 is 0 Å². The summed E-state index contributed by atoms with van der Waals surface area (Å²) in [7, 11) is 0. The molecule has 6 atom stereocenters. The highest BCUT2D eigenvalue weighted by Gasteiger charge is 2.62. The van der Waals surface area contributed by atoms with Gasteiger partial charge in [0.15, 0.2) is 29.1 Å². The van der Waals surface area contributed by atoms with Gasteiger partial charge in [-0.05, 0) is 34.6 Å². The molecule has 1 aromatic heterocycles. The molecule has 0 radical (unpaired) electrons. The Morgan fingerprint density at radius 2 is 1.72 bits per heavy atom. The van der Waals surface area contributed by atoms with E-state index in [2.05, 4.69) is 15.6 Å². The second-order valence-electron chi connectivity index (χ2n) is 8.15. The van der Waals surface area contributed by atoms with Crippen LogP contribution < -0.4 is 10.6 Å².